The van der Waals surface area contributed by atoms with E-state index in [0.717, 1.165) is 12.8 Å². The monoisotopic (exact) mass is 350 g/mol. The van der Waals surface area contributed by atoms with Gasteiger partial charge < -0.3 is 24.2 Å². The summed E-state index contributed by atoms with van der Waals surface area (Å²) < 4.78 is 41.1. The number of unbranched alkanes of at least 4 members (excludes halogenated alkanes) is 2. The predicted molar refractivity (Wildman–Crippen MR) is 74.2 cm³/mol. The van der Waals surface area contributed by atoms with Crippen molar-refractivity contribution < 1.29 is 42.1 Å². The van der Waals surface area contributed by atoms with Crippen molar-refractivity contribution in [2.24, 2.45) is 0 Å². The molecule has 0 radical (unpaired) electrons. The molecular formula is C10H24O9P2. The summed E-state index contributed by atoms with van der Waals surface area (Å²) in [5, 5.41) is 0. The van der Waals surface area contributed by atoms with E-state index in [2.05, 4.69) is 8.83 Å². The average molecular weight is 350 g/mol. The maximum atomic E-state index is 11.6. The second kappa shape index (κ2) is 9.35. The summed E-state index contributed by atoms with van der Waals surface area (Å²) in [7, 11) is -10.2. The molecule has 3 N–H and O–H groups in total. The second-order valence-corrected chi connectivity index (χ2v) is 7.15. The Kier molecular flexibility index (Phi) is 9.43. The van der Waals surface area contributed by atoms with Crippen LogP contribution in [-0.4, -0.2) is 33.9 Å². The van der Waals surface area contributed by atoms with Gasteiger partial charge in [0.05, 0.1) is 13.2 Å². The minimum Gasteiger partial charge on any atom is -0.327 e. The summed E-state index contributed by atoms with van der Waals surface area (Å²) in [5.41, 5.74) is 0. The number of phosphoric acid groups is 2. The molecule has 21 heavy (non-hydrogen) atoms. The van der Waals surface area contributed by atoms with Gasteiger partial charge in [-0.05, 0) is 12.8 Å². The third kappa shape index (κ3) is 11.4. The molecule has 0 heterocycles. The van der Waals surface area contributed by atoms with Gasteiger partial charge in [0.25, 0.3) is 5.97 Å². The largest absolute Gasteiger partial charge is 0.485 e. The van der Waals surface area contributed by atoms with E-state index in [1.54, 1.807) is 0 Å². The van der Waals surface area contributed by atoms with Gasteiger partial charge in [-0.3, -0.25) is 0 Å². The standard InChI is InChI=1S/C10H24O9P2/c1-4-6-8-16-10(3,17-9-7-5-2)18-21(14,15)19-20(11,12)13/h4-9H2,1-3H3,(H,14,15)(H2,11,12,13). The summed E-state index contributed by atoms with van der Waals surface area (Å²) in [5.74, 6) is -1.93. The Balaban J connectivity index is 4.77. The summed E-state index contributed by atoms with van der Waals surface area (Å²) in [6.45, 7) is 5.47. The average Bonchev–Trinajstić information content (AvgIpc) is 2.25. The van der Waals surface area contributed by atoms with Crippen LogP contribution in [0.5, 0.6) is 0 Å². The Hall–Kier alpha value is 0.180. The van der Waals surface area contributed by atoms with E-state index in [1.807, 2.05) is 13.8 Å². The SMILES string of the molecule is CCCCOC(C)(OCCCC)OP(=O)(O)OP(=O)(O)O. The van der Waals surface area contributed by atoms with Crippen molar-refractivity contribution in [1.82, 2.24) is 0 Å². The fraction of sp³-hybridized carbons (Fsp3) is 1.00. The van der Waals surface area contributed by atoms with Gasteiger partial charge >= 0.3 is 15.6 Å². The van der Waals surface area contributed by atoms with Crippen molar-refractivity contribution in [2.75, 3.05) is 13.2 Å². The lowest BCUT2D eigenvalue weighted by Crippen LogP contribution is -2.35. The third-order valence-electron chi connectivity index (χ3n) is 2.22. The van der Waals surface area contributed by atoms with Crippen LogP contribution >= 0.6 is 15.6 Å². The first-order valence-corrected chi connectivity index (χ1v) is 9.64. The first kappa shape index (κ1) is 21.2. The predicted octanol–water partition coefficient (Wildman–Crippen LogP) is 2.52. The minimum absolute atomic E-state index is 0.190. The van der Waals surface area contributed by atoms with Crippen LogP contribution in [-0.2, 0) is 27.4 Å². The highest BCUT2D eigenvalue weighted by Crippen LogP contribution is 2.59. The van der Waals surface area contributed by atoms with Crippen LogP contribution in [0.2, 0.25) is 0 Å². The number of hydrogen-bond donors (Lipinski definition) is 3. The lowest BCUT2D eigenvalue weighted by atomic mass is 10.3. The van der Waals surface area contributed by atoms with Crippen LogP contribution in [0.15, 0.2) is 0 Å². The molecule has 0 saturated heterocycles. The molecule has 0 fully saturated rings. The molecule has 0 saturated carbocycles. The van der Waals surface area contributed by atoms with Crippen LogP contribution in [0.3, 0.4) is 0 Å². The van der Waals surface area contributed by atoms with Crippen LogP contribution in [0.25, 0.3) is 0 Å². The maximum absolute atomic E-state index is 11.6. The molecule has 1 atom stereocenters. The zero-order chi connectivity index (χ0) is 16.6. The Morgan fingerprint density at radius 1 is 0.952 bits per heavy atom. The lowest BCUT2D eigenvalue weighted by Gasteiger charge is -2.30. The molecule has 0 aromatic heterocycles. The van der Waals surface area contributed by atoms with Gasteiger partial charge in [-0.2, -0.15) is 4.31 Å². The van der Waals surface area contributed by atoms with E-state index in [-0.39, 0.29) is 13.2 Å². The topological polar surface area (TPSA) is 132 Å². The summed E-state index contributed by atoms with van der Waals surface area (Å²) in [6, 6.07) is 0. The van der Waals surface area contributed by atoms with Crippen molar-refractivity contribution in [3.8, 4) is 0 Å². The molecule has 0 spiro atoms. The zero-order valence-electron chi connectivity index (χ0n) is 12.4. The van der Waals surface area contributed by atoms with Crippen LogP contribution in [0.4, 0.5) is 0 Å². The molecule has 9 nitrogen and oxygen atoms in total. The number of rotatable bonds is 12. The Morgan fingerprint density at radius 3 is 1.71 bits per heavy atom. The quantitative estimate of drug-likeness (QED) is 0.276. The Bertz CT molecular complexity index is 371. The van der Waals surface area contributed by atoms with Crippen LogP contribution < -0.4 is 0 Å². The van der Waals surface area contributed by atoms with Gasteiger partial charge in [0.2, 0.25) is 0 Å². The van der Waals surface area contributed by atoms with Crippen molar-refractivity contribution in [2.45, 2.75) is 52.4 Å². The minimum atomic E-state index is -5.19. The second-order valence-electron chi connectivity index (χ2n) is 4.40. The molecule has 0 aromatic rings. The molecule has 11 heteroatoms. The molecule has 1 unspecified atom stereocenters. The Morgan fingerprint density at radius 2 is 1.38 bits per heavy atom. The molecule has 0 rings (SSSR count). The van der Waals surface area contributed by atoms with Crippen LogP contribution in [0, 0.1) is 0 Å². The van der Waals surface area contributed by atoms with Crippen molar-refractivity contribution in [1.29, 1.82) is 0 Å². The normalized spacial score (nSPS) is 15.9. The van der Waals surface area contributed by atoms with Gasteiger partial charge in [-0.1, -0.05) is 26.7 Å². The molecule has 0 aromatic carbocycles. The smallest absolute Gasteiger partial charge is 0.327 e. The van der Waals surface area contributed by atoms with E-state index in [9.17, 15) is 14.0 Å². The highest BCUT2D eigenvalue weighted by Gasteiger charge is 2.42. The molecule has 128 valence electrons. The summed E-state index contributed by atoms with van der Waals surface area (Å²) >= 11 is 0. The highest BCUT2D eigenvalue weighted by molar-refractivity contribution is 7.60. The number of ether oxygens (including phenoxy) is 2. The van der Waals surface area contributed by atoms with E-state index >= 15 is 0 Å². The Labute approximate surface area is 124 Å². The zero-order valence-corrected chi connectivity index (χ0v) is 14.2. The van der Waals surface area contributed by atoms with Crippen molar-refractivity contribution >= 4 is 15.6 Å². The van der Waals surface area contributed by atoms with Crippen molar-refractivity contribution in [3.63, 3.8) is 0 Å². The molecule has 0 amide bonds. The summed E-state index contributed by atoms with van der Waals surface area (Å²) in [6.07, 6.45) is 2.96. The maximum Gasteiger partial charge on any atom is 0.485 e. The fourth-order valence-corrected chi connectivity index (χ4v) is 2.99. The molecule has 0 aliphatic carbocycles. The first-order valence-electron chi connectivity index (χ1n) is 6.62. The van der Waals surface area contributed by atoms with Gasteiger partial charge in [0.15, 0.2) is 0 Å². The molecule has 0 aliphatic rings. The van der Waals surface area contributed by atoms with Gasteiger partial charge in [0.1, 0.15) is 0 Å². The van der Waals surface area contributed by atoms with E-state index in [4.69, 9.17) is 19.3 Å². The van der Waals surface area contributed by atoms with Crippen LogP contribution in [0.1, 0.15) is 46.5 Å². The lowest BCUT2D eigenvalue weighted by molar-refractivity contribution is -0.337. The van der Waals surface area contributed by atoms with E-state index < -0.39 is 21.6 Å². The van der Waals surface area contributed by atoms with Gasteiger partial charge in [0, 0.05) is 6.92 Å². The fourth-order valence-electron chi connectivity index (χ4n) is 1.26. The summed E-state index contributed by atoms with van der Waals surface area (Å²) in [4.78, 5) is 26.5. The first-order chi connectivity index (χ1) is 9.54. The number of hydrogen-bond acceptors (Lipinski definition) is 6. The number of phosphoric ester groups is 1. The molecular weight excluding hydrogens is 326 g/mol. The third-order valence-corrected chi connectivity index (χ3v) is 4.45. The van der Waals surface area contributed by atoms with Gasteiger partial charge in [-0.15, -0.1) is 0 Å². The van der Waals surface area contributed by atoms with Gasteiger partial charge in [-0.25, -0.2) is 13.7 Å². The van der Waals surface area contributed by atoms with E-state index in [1.165, 1.54) is 6.92 Å². The molecule has 0 aliphatic heterocycles. The van der Waals surface area contributed by atoms with Crippen molar-refractivity contribution in [3.05, 3.63) is 0 Å². The van der Waals surface area contributed by atoms with E-state index in [0.29, 0.717) is 12.8 Å². The highest BCUT2D eigenvalue weighted by atomic mass is 31.3. The molecule has 0 bridgehead atoms.